The van der Waals surface area contributed by atoms with Crippen LogP contribution in [-0.4, -0.2) is 27.5 Å². The molecule has 1 rings (SSSR count). The van der Waals surface area contributed by atoms with E-state index in [1.165, 1.54) is 0 Å². The van der Waals surface area contributed by atoms with Gasteiger partial charge in [-0.1, -0.05) is 0 Å². The molecule has 1 heterocycles. The van der Waals surface area contributed by atoms with Gasteiger partial charge in [0.25, 0.3) is 0 Å². The molecule has 0 saturated heterocycles. The van der Waals surface area contributed by atoms with E-state index in [4.69, 9.17) is 11.6 Å². The fraction of sp³-hybridized carbons (Fsp3) is 0.600. The number of nitrogens with one attached hydrogen (secondary N) is 1. The Bertz CT molecular complexity index is 321. The van der Waals surface area contributed by atoms with Crippen molar-refractivity contribution in [1.82, 2.24) is 9.97 Å². The molecule has 0 aromatic carbocycles. The summed E-state index contributed by atoms with van der Waals surface area (Å²) in [5.74, 6) is 0.787. The first-order valence-corrected chi connectivity index (χ1v) is 6.33. The van der Waals surface area contributed by atoms with E-state index in [-0.39, 0.29) is 4.75 Å². The summed E-state index contributed by atoms with van der Waals surface area (Å²) in [4.78, 5) is 8.11. The van der Waals surface area contributed by atoms with Crippen molar-refractivity contribution in [3.8, 4) is 0 Å². The van der Waals surface area contributed by atoms with E-state index in [0.29, 0.717) is 5.28 Å². The summed E-state index contributed by atoms with van der Waals surface area (Å²) in [5, 5.41) is 3.55. The Hall–Kier alpha value is -0.480. The lowest BCUT2D eigenvalue weighted by Crippen LogP contribution is -2.26. The Labute approximate surface area is 100 Å². The van der Waals surface area contributed by atoms with Crippen LogP contribution in [0.4, 0.5) is 5.82 Å². The van der Waals surface area contributed by atoms with E-state index in [0.717, 1.165) is 18.1 Å². The van der Waals surface area contributed by atoms with Crippen LogP contribution in [0.15, 0.2) is 6.07 Å². The van der Waals surface area contributed by atoms with Crippen LogP contribution in [0.1, 0.15) is 19.5 Å². The summed E-state index contributed by atoms with van der Waals surface area (Å²) in [6.07, 6.45) is 2.10. The van der Waals surface area contributed by atoms with Gasteiger partial charge in [-0.2, -0.15) is 11.8 Å². The number of aryl methyl sites for hydroxylation is 1. The number of anilines is 1. The van der Waals surface area contributed by atoms with Gasteiger partial charge in [0, 0.05) is 23.1 Å². The second-order valence-electron chi connectivity index (χ2n) is 3.98. The van der Waals surface area contributed by atoms with Crippen molar-refractivity contribution in [1.29, 1.82) is 0 Å². The number of hydrogen-bond donors (Lipinski definition) is 1. The van der Waals surface area contributed by atoms with E-state index >= 15 is 0 Å². The van der Waals surface area contributed by atoms with Gasteiger partial charge < -0.3 is 5.32 Å². The van der Waals surface area contributed by atoms with Gasteiger partial charge in [0.1, 0.15) is 5.82 Å². The highest BCUT2D eigenvalue weighted by atomic mass is 35.5. The fourth-order valence-electron chi connectivity index (χ4n) is 0.998. The fourth-order valence-corrected chi connectivity index (χ4v) is 1.44. The predicted octanol–water partition coefficient (Wildman–Crippen LogP) is 2.99. The third kappa shape index (κ3) is 4.26. The minimum Gasteiger partial charge on any atom is -0.369 e. The molecule has 15 heavy (non-hydrogen) atoms. The molecule has 3 nitrogen and oxygen atoms in total. The second-order valence-corrected chi connectivity index (χ2v) is 5.83. The molecule has 0 radical (unpaired) electrons. The highest BCUT2D eigenvalue weighted by Crippen LogP contribution is 2.21. The maximum Gasteiger partial charge on any atom is 0.224 e. The van der Waals surface area contributed by atoms with Gasteiger partial charge in [0.15, 0.2) is 0 Å². The van der Waals surface area contributed by atoms with Crippen molar-refractivity contribution < 1.29 is 0 Å². The zero-order valence-electron chi connectivity index (χ0n) is 9.47. The Morgan fingerprint density at radius 3 is 2.67 bits per heavy atom. The molecule has 0 amide bonds. The molecule has 0 bridgehead atoms. The maximum atomic E-state index is 5.77. The summed E-state index contributed by atoms with van der Waals surface area (Å²) in [6.45, 7) is 7.11. The zero-order valence-corrected chi connectivity index (χ0v) is 11.0. The minimum absolute atomic E-state index is 0.186. The topological polar surface area (TPSA) is 37.8 Å². The smallest absolute Gasteiger partial charge is 0.224 e. The van der Waals surface area contributed by atoms with Crippen molar-refractivity contribution >= 4 is 29.2 Å². The first-order chi connectivity index (χ1) is 6.93. The van der Waals surface area contributed by atoms with Gasteiger partial charge >= 0.3 is 0 Å². The molecule has 0 fully saturated rings. The van der Waals surface area contributed by atoms with Crippen molar-refractivity contribution in [2.75, 3.05) is 18.1 Å². The van der Waals surface area contributed by atoms with Crippen LogP contribution in [0.5, 0.6) is 0 Å². The number of thioether (sulfide) groups is 1. The van der Waals surface area contributed by atoms with Crippen LogP contribution >= 0.6 is 23.4 Å². The van der Waals surface area contributed by atoms with Crippen LogP contribution in [-0.2, 0) is 0 Å². The standard InChI is InChI=1S/C10H16ClN3S/c1-7-5-8(14-9(11)13-7)12-6-10(2,3)15-4/h5H,6H2,1-4H3,(H,12,13,14). The largest absolute Gasteiger partial charge is 0.369 e. The highest BCUT2D eigenvalue weighted by Gasteiger charge is 2.15. The molecule has 0 spiro atoms. The number of halogens is 1. The zero-order chi connectivity index (χ0) is 11.5. The monoisotopic (exact) mass is 245 g/mol. The quantitative estimate of drug-likeness (QED) is 0.828. The van der Waals surface area contributed by atoms with Crippen LogP contribution in [0, 0.1) is 6.92 Å². The molecule has 0 atom stereocenters. The molecule has 0 aliphatic carbocycles. The van der Waals surface area contributed by atoms with Crippen molar-refractivity contribution in [2.45, 2.75) is 25.5 Å². The normalized spacial score (nSPS) is 11.5. The third-order valence-electron chi connectivity index (χ3n) is 2.07. The molecule has 0 saturated carbocycles. The second kappa shape index (κ2) is 5.03. The van der Waals surface area contributed by atoms with E-state index in [9.17, 15) is 0 Å². The van der Waals surface area contributed by atoms with Crippen molar-refractivity contribution in [3.63, 3.8) is 0 Å². The van der Waals surface area contributed by atoms with Gasteiger partial charge in [0.2, 0.25) is 5.28 Å². The Kier molecular flexibility index (Phi) is 4.22. The Morgan fingerprint density at radius 1 is 1.47 bits per heavy atom. The predicted molar refractivity (Wildman–Crippen MR) is 67.9 cm³/mol. The van der Waals surface area contributed by atoms with Crippen molar-refractivity contribution in [2.24, 2.45) is 0 Å². The van der Waals surface area contributed by atoms with Gasteiger partial charge in [-0.25, -0.2) is 9.97 Å². The molecule has 84 valence electrons. The molecule has 1 aromatic heterocycles. The highest BCUT2D eigenvalue weighted by molar-refractivity contribution is 7.99. The van der Waals surface area contributed by atoms with E-state index < -0.39 is 0 Å². The molecular weight excluding hydrogens is 230 g/mol. The average molecular weight is 246 g/mol. The van der Waals surface area contributed by atoms with Gasteiger partial charge in [-0.3, -0.25) is 0 Å². The molecule has 1 N–H and O–H groups in total. The van der Waals surface area contributed by atoms with Gasteiger partial charge in [-0.15, -0.1) is 0 Å². The van der Waals surface area contributed by atoms with Crippen LogP contribution in [0.25, 0.3) is 0 Å². The number of aromatic nitrogens is 2. The first kappa shape index (κ1) is 12.6. The average Bonchev–Trinajstić information content (AvgIpc) is 2.14. The van der Waals surface area contributed by atoms with E-state index in [1.54, 1.807) is 0 Å². The number of nitrogens with zero attached hydrogens (tertiary/aromatic N) is 2. The summed E-state index contributed by atoms with van der Waals surface area (Å²) in [5.41, 5.74) is 0.874. The lowest BCUT2D eigenvalue weighted by molar-refractivity contribution is 0.749. The minimum atomic E-state index is 0.186. The summed E-state index contributed by atoms with van der Waals surface area (Å²) in [7, 11) is 0. The number of rotatable bonds is 4. The van der Waals surface area contributed by atoms with Crippen LogP contribution in [0.3, 0.4) is 0 Å². The molecule has 1 aromatic rings. The van der Waals surface area contributed by atoms with Crippen molar-refractivity contribution in [3.05, 3.63) is 17.0 Å². The molecule has 0 aliphatic heterocycles. The Morgan fingerprint density at radius 2 is 2.13 bits per heavy atom. The summed E-state index contributed by atoms with van der Waals surface area (Å²) >= 11 is 7.58. The van der Waals surface area contributed by atoms with Gasteiger partial charge in [-0.05, 0) is 38.6 Å². The Balaban J connectivity index is 2.65. The van der Waals surface area contributed by atoms with Gasteiger partial charge in [0.05, 0.1) is 0 Å². The van der Waals surface area contributed by atoms with Crippen LogP contribution in [0.2, 0.25) is 5.28 Å². The molecule has 0 aliphatic rings. The summed E-state index contributed by atoms with van der Waals surface area (Å²) < 4.78 is 0.186. The molecule has 0 unspecified atom stereocenters. The van der Waals surface area contributed by atoms with E-state index in [2.05, 4.69) is 35.4 Å². The van der Waals surface area contributed by atoms with Crippen LogP contribution < -0.4 is 5.32 Å². The lowest BCUT2D eigenvalue weighted by atomic mass is 10.2. The molecular formula is C10H16ClN3S. The summed E-state index contributed by atoms with van der Waals surface area (Å²) in [6, 6.07) is 1.89. The SMILES string of the molecule is CSC(C)(C)CNc1cc(C)nc(Cl)n1. The molecule has 5 heteroatoms. The maximum absolute atomic E-state index is 5.77. The number of hydrogen-bond acceptors (Lipinski definition) is 4. The third-order valence-corrected chi connectivity index (χ3v) is 3.49. The lowest BCUT2D eigenvalue weighted by Gasteiger charge is -2.22. The van der Waals surface area contributed by atoms with E-state index in [1.807, 2.05) is 24.8 Å². The first-order valence-electron chi connectivity index (χ1n) is 4.73.